The minimum atomic E-state index is -4.20. The van der Waals surface area contributed by atoms with E-state index in [0.29, 0.717) is 5.56 Å². The predicted octanol–water partition coefficient (Wildman–Crippen LogP) is 3.64. The molecule has 0 radical (unpaired) electrons. The van der Waals surface area contributed by atoms with E-state index >= 15 is 0 Å². The molecule has 0 saturated carbocycles. The van der Waals surface area contributed by atoms with Crippen LogP contribution in [0.25, 0.3) is 0 Å². The topological polar surface area (TPSA) is 76.4 Å². The first-order chi connectivity index (χ1) is 10.4. The molecule has 0 aromatic heterocycles. The van der Waals surface area contributed by atoms with Gasteiger partial charge in [0.1, 0.15) is 4.90 Å². The van der Waals surface area contributed by atoms with Crippen molar-refractivity contribution in [3.63, 3.8) is 0 Å². The maximum absolute atomic E-state index is 12.3. The SMILES string of the molecule is COc1cc(C#N)ccc1OS(=O)(=O)c1cc(Cl)ccc1Cl. The summed E-state index contributed by atoms with van der Waals surface area (Å²) in [6.45, 7) is 0. The van der Waals surface area contributed by atoms with E-state index in [2.05, 4.69) is 0 Å². The first-order valence-corrected chi connectivity index (χ1v) is 8.01. The van der Waals surface area contributed by atoms with Gasteiger partial charge in [0.05, 0.1) is 23.8 Å². The molecule has 8 heteroatoms. The number of nitrogens with zero attached hydrogens (tertiary/aromatic N) is 1. The van der Waals surface area contributed by atoms with E-state index in [1.807, 2.05) is 6.07 Å². The van der Waals surface area contributed by atoms with Crippen LogP contribution < -0.4 is 8.92 Å². The molecule has 114 valence electrons. The fourth-order valence-electron chi connectivity index (χ4n) is 1.64. The third kappa shape index (κ3) is 3.45. The highest BCUT2D eigenvalue weighted by atomic mass is 35.5. The minimum Gasteiger partial charge on any atom is -0.493 e. The molecule has 5 nitrogen and oxygen atoms in total. The number of ether oxygens (including phenoxy) is 1. The molecule has 0 heterocycles. The van der Waals surface area contributed by atoms with Gasteiger partial charge in [0.25, 0.3) is 0 Å². The van der Waals surface area contributed by atoms with Crippen molar-refractivity contribution >= 4 is 33.3 Å². The Morgan fingerprint density at radius 1 is 1.09 bits per heavy atom. The number of hydrogen-bond acceptors (Lipinski definition) is 5. The summed E-state index contributed by atoms with van der Waals surface area (Å²) in [5.74, 6) is 0.0540. The lowest BCUT2D eigenvalue weighted by molar-refractivity contribution is 0.390. The van der Waals surface area contributed by atoms with Gasteiger partial charge in [-0.25, -0.2) is 0 Å². The normalized spacial score (nSPS) is 10.8. The zero-order valence-corrected chi connectivity index (χ0v) is 13.5. The lowest BCUT2D eigenvalue weighted by Gasteiger charge is -2.12. The number of benzene rings is 2. The summed E-state index contributed by atoms with van der Waals surface area (Å²) in [7, 11) is -2.86. The summed E-state index contributed by atoms with van der Waals surface area (Å²) in [5, 5.41) is 9.02. The number of rotatable bonds is 4. The van der Waals surface area contributed by atoms with Crippen molar-refractivity contribution in [2.75, 3.05) is 7.11 Å². The van der Waals surface area contributed by atoms with Crippen molar-refractivity contribution in [3.05, 3.63) is 52.0 Å². The van der Waals surface area contributed by atoms with Gasteiger partial charge in [0.15, 0.2) is 11.5 Å². The van der Waals surface area contributed by atoms with Gasteiger partial charge in [-0.1, -0.05) is 23.2 Å². The van der Waals surface area contributed by atoms with Crippen LogP contribution >= 0.6 is 23.2 Å². The molecule has 0 amide bonds. The van der Waals surface area contributed by atoms with Crippen LogP contribution in [0, 0.1) is 11.3 Å². The average Bonchev–Trinajstić information content (AvgIpc) is 2.49. The summed E-state index contributed by atoms with van der Waals surface area (Å²) >= 11 is 11.7. The largest absolute Gasteiger partial charge is 0.493 e. The Hall–Kier alpha value is -1.94. The van der Waals surface area contributed by atoms with E-state index in [4.69, 9.17) is 37.4 Å². The highest BCUT2D eigenvalue weighted by Crippen LogP contribution is 2.33. The average molecular weight is 358 g/mol. The minimum absolute atomic E-state index is 0.0167. The van der Waals surface area contributed by atoms with Crippen LogP contribution in [0.15, 0.2) is 41.3 Å². The molecule has 2 rings (SSSR count). The number of nitriles is 1. The fourth-order valence-corrected chi connectivity index (χ4v) is 3.32. The van der Waals surface area contributed by atoms with Gasteiger partial charge in [-0.3, -0.25) is 0 Å². The molecule has 0 N–H and O–H groups in total. The zero-order valence-electron chi connectivity index (χ0n) is 11.2. The Labute approximate surface area is 137 Å². The summed E-state index contributed by atoms with van der Waals surface area (Å²) in [5.41, 5.74) is 0.308. The Kier molecular flexibility index (Phi) is 4.81. The van der Waals surface area contributed by atoms with Gasteiger partial charge < -0.3 is 8.92 Å². The van der Waals surface area contributed by atoms with Crippen molar-refractivity contribution in [2.45, 2.75) is 4.90 Å². The lowest BCUT2D eigenvalue weighted by Crippen LogP contribution is -2.11. The molecule has 0 bridgehead atoms. The third-order valence-electron chi connectivity index (χ3n) is 2.65. The van der Waals surface area contributed by atoms with Crippen molar-refractivity contribution in [1.29, 1.82) is 5.26 Å². The van der Waals surface area contributed by atoms with Gasteiger partial charge in [0, 0.05) is 11.1 Å². The van der Waals surface area contributed by atoms with E-state index in [1.54, 1.807) is 0 Å². The van der Waals surface area contributed by atoms with Gasteiger partial charge in [-0.05, 0) is 30.3 Å². The van der Waals surface area contributed by atoms with Crippen molar-refractivity contribution in [2.24, 2.45) is 0 Å². The maximum Gasteiger partial charge on any atom is 0.340 e. The molecule has 22 heavy (non-hydrogen) atoms. The van der Waals surface area contributed by atoms with Crippen molar-refractivity contribution < 1.29 is 17.3 Å². The van der Waals surface area contributed by atoms with Crippen LogP contribution in [0.1, 0.15) is 5.56 Å². The van der Waals surface area contributed by atoms with Crippen LogP contribution in [-0.4, -0.2) is 15.5 Å². The molecule has 0 fully saturated rings. The first kappa shape index (κ1) is 16.4. The number of methoxy groups -OCH3 is 1. The quantitative estimate of drug-likeness (QED) is 0.780. The zero-order chi connectivity index (χ0) is 16.3. The monoisotopic (exact) mass is 357 g/mol. The second-order valence-electron chi connectivity index (χ2n) is 4.09. The van der Waals surface area contributed by atoms with Gasteiger partial charge in [0.2, 0.25) is 0 Å². The molecule has 0 aliphatic rings. The summed E-state index contributed by atoms with van der Waals surface area (Å²) < 4.78 is 34.7. The molecule has 0 aliphatic carbocycles. The van der Waals surface area contributed by atoms with Gasteiger partial charge in [-0.2, -0.15) is 13.7 Å². The highest BCUT2D eigenvalue weighted by Gasteiger charge is 2.22. The molecule has 0 saturated heterocycles. The highest BCUT2D eigenvalue weighted by molar-refractivity contribution is 7.87. The first-order valence-electron chi connectivity index (χ1n) is 5.85. The van der Waals surface area contributed by atoms with E-state index in [1.165, 1.54) is 43.5 Å². The van der Waals surface area contributed by atoms with Crippen LogP contribution in [-0.2, 0) is 10.1 Å². The second-order valence-corrected chi connectivity index (χ2v) is 6.45. The van der Waals surface area contributed by atoms with Crippen LogP contribution in [0.5, 0.6) is 11.5 Å². The van der Waals surface area contributed by atoms with Crippen LogP contribution in [0.2, 0.25) is 10.0 Å². The maximum atomic E-state index is 12.3. The van der Waals surface area contributed by atoms with E-state index in [9.17, 15) is 8.42 Å². The van der Waals surface area contributed by atoms with Crippen molar-refractivity contribution in [3.8, 4) is 17.6 Å². The molecular formula is C14H9Cl2NO4S. The van der Waals surface area contributed by atoms with Gasteiger partial charge in [-0.15, -0.1) is 0 Å². The van der Waals surface area contributed by atoms with E-state index in [0.717, 1.165) is 0 Å². The predicted molar refractivity (Wildman–Crippen MR) is 82.0 cm³/mol. The number of halogens is 2. The standard InChI is InChI=1S/C14H9Cl2NO4S/c1-20-13-6-9(8-17)2-5-12(13)21-22(18,19)14-7-10(15)3-4-11(14)16/h2-7H,1H3. The fraction of sp³-hybridized carbons (Fsp3) is 0.0714. The van der Waals surface area contributed by atoms with E-state index in [-0.39, 0.29) is 26.4 Å². The molecule has 0 aliphatic heterocycles. The van der Waals surface area contributed by atoms with Crippen molar-refractivity contribution in [1.82, 2.24) is 0 Å². The molecular weight excluding hydrogens is 349 g/mol. The van der Waals surface area contributed by atoms with Gasteiger partial charge >= 0.3 is 10.1 Å². The molecule has 2 aromatic carbocycles. The lowest BCUT2D eigenvalue weighted by atomic mass is 10.2. The molecule has 2 aromatic rings. The Morgan fingerprint density at radius 3 is 2.45 bits per heavy atom. The summed E-state index contributed by atoms with van der Waals surface area (Å²) in [6.07, 6.45) is 0. The third-order valence-corrected chi connectivity index (χ3v) is 4.61. The summed E-state index contributed by atoms with van der Waals surface area (Å²) in [4.78, 5) is -0.256. The Bertz CT molecular complexity index is 860. The Balaban J connectivity index is 2.45. The van der Waals surface area contributed by atoms with Crippen LogP contribution in [0.4, 0.5) is 0 Å². The smallest absolute Gasteiger partial charge is 0.340 e. The molecule has 0 spiro atoms. The Morgan fingerprint density at radius 2 is 1.82 bits per heavy atom. The summed E-state index contributed by atoms with van der Waals surface area (Å²) in [6, 6.07) is 10.0. The second kappa shape index (κ2) is 6.44. The van der Waals surface area contributed by atoms with E-state index < -0.39 is 10.1 Å². The molecule has 0 unspecified atom stereocenters. The number of hydrogen-bond donors (Lipinski definition) is 0. The van der Waals surface area contributed by atoms with Crippen LogP contribution in [0.3, 0.4) is 0 Å². The molecule has 0 atom stereocenters.